The van der Waals surface area contributed by atoms with Crippen LogP contribution in [0.15, 0.2) is 36.4 Å². The van der Waals surface area contributed by atoms with E-state index in [4.69, 9.17) is 15.7 Å². The lowest BCUT2D eigenvalue weighted by Crippen LogP contribution is -2.20. The summed E-state index contributed by atoms with van der Waals surface area (Å²) in [4.78, 5) is 0. The zero-order valence-corrected chi connectivity index (χ0v) is 11.5. The molecule has 0 aromatic heterocycles. The third kappa shape index (κ3) is 2.74. The fourth-order valence-electron chi connectivity index (χ4n) is 2.64. The summed E-state index contributed by atoms with van der Waals surface area (Å²) in [6, 6.07) is 12.1. The first-order chi connectivity index (χ1) is 10.2. The minimum Gasteiger partial charge on any atom is -0.493 e. The molecule has 2 aromatic rings. The van der Waals surface area contributed by atoms with Gasteiger partial charge in [0.25, 0.3) is 0 Å². The second-order valence-electron chi connectivity index (χ2n) is 5.17. The van der Waals surface area contributed by atoms with Crippen LogP contribution in [0.2, 0.25) is 0 Å². The Balaban J connectivity index is 2.02. The molecule has 2 N–H and O–H groups in total. The van der Waals surface area contributed by atoms with Crippen molar-refractivity contribution in [2.75, 3.05) is 6.61 Å². The molecular weight excluding hydrogens is 267 g/mol. The van der Waals surface area contributed by atoms with Crippen LogP contribution in [-0.4, -0.2) is 12.6 Å². The highest BCUT2D eigenvalue weighted by Crippen LogP contribution is 2.36. The van der Waals surface area contributed by atoms with Crippen molar-refractivity contribution in [3.05, 3.63) is 53.3 Å². The van der Waals surface area contributed by atoms with Gasteiger partial charge < -0.3 is 10.5 Å². The van der Waals surface area contributed by atoms with Crippen molar-refractivity contribution in [1.82, 2.24) is 0 Å². The van der Waals surface area contributed by atoms with Gasteiger partial charge in [-0.3, -0.25) is 0 Å². The molecule has 2 aromatic carbocycles. The van der Waals surface area contributed by atoms with Crippen LogP contribution in [-0.2, 0) is 12.8 Å². The zero-order valence-electron chi connectivity index (χ0n) is 11.5. The lowest BCUT2D eigenvalue weighted by molar-refractivity contribution is 0.326. The standard InChI is InChI=1S/C17H15FN2O/c18-13-2-4-15-12(9-13)5-6-21-17-8-11(1-3-16(15)17)7-14(20)10-19/h1-4,8-9,14H,5-7,20H2. The molecule has 0 amide bonds. The van der Waals surface area contributed by atoms with E-state index in [-0.39, 0.29) is 5.82 Å². The van der Waals surface area contributed by atoms with Gasteiger partial charge in [-0.05, 0) is 34.9 Å². The molecule has 106 valence electrons. The number of hydrogen-bond acceptors (Lipinski definition) is 3. The summed E-state index contributed by atoms with van der Waals surface area (Å²) in [5, 5.41) is 8.79. The van der Waals surface area contributed by atoms with E-state index >= 15 is 0 Å². The van der Waals surface area contributed by atoms with Crippen LogP contribution in [0.5, 0.6) is 5.75 Å². The highest BCUT2D eigenvalue weighted by atomic mass is 19.1. The van der Waals surface area contributed by atoms with E-state index in [0.29, 0.717) is 19.4 Å². The Morgan fingerprint density at radius 1 is 1.24 bits per heavy atom. The van der Waals surface area contributed by atoms with Crippen LogP contribution in [0.4, 0.5) is 4.39 Å². The Kier molecular flexibility index (Phi) is 3.59. The lowest BCUT2D eigenvalue weighted by Gasteiger charge is -2.11. The average Bonchev–Trinajstić information content (AvgIpc) is 2.65. The number of rotatable bonds is 2. The maximum absolute atomic E-state index is 13.4. The van der Waals surface area contributed by atoms with E-state index in [1.807, 2.05) is 24.3 Å². The van der Waals surface area contributed by atoms with Crippen molar-refractivity contribution < 1.29 is 9.13 Å². The molecule has 0 spiro atoms. The monoisotopic (exact) mass is 282 g/mol. The normalized spacial score (nSPS) is 14.1. The van der Waals surface area contributed by atoms with Crippen molar-refractivity contribution in [3.63, 3.8) is 0 Å². The molecule has 1 aliphatic rings. The van der Waals surface area contributed by atoms with Gasteiger partial charge in [0.05, 0.1) is 18.7 Å². The van der Waals surface area contributed by atoms with Crippen molar-refractivity contribution in [2.45, 2.75) is 18.9 Å². The number of ether oxygens (including phenoxy) is 1. The summed E-state index contributed by atoms with van der Waals surface area (Å²) in [7, 11) is 0. The maximum Gasteiger partial charge on any atom is 0.127 e. The minimum atomic E-state index is -0.518. The van der Waals surface area contributed by atoms with Gasteiger partial charge in [-0.2, -0.15) is 5.26 Å². The van der Waals surface area contributed by atoms with E-state index in [1.54, 1.807) is 12.1 Å². The van der Waals surface area contributed by atoms with Gasteiger partial charge >= 0.3 is 0 Å². The highest BCUT2D eigenvalue weighted by Gasteiger charge is 2.16. The van der Waals surface area contributed by atoms with Gasteiger partial charge in [0, 0.05) is 18.4 Å². The molecule has 0 saturated heterocycles. The second kappa shape index (κ2) is 5.55. The summed E-state index contributed by atoms with van der Waals surface area (Å²) >= 11 is 0. The first-order valence-electron chi connectivity index (χ1n) is 6.87. The molecule has 0 radical (unpaired) electrons. The maximum atomic E-state index is 13.4. The Morgan fingerprint density at radius 2 is 2.05 bits per heavy atom. The molecule has 21 heavy (non-hydrogen) atoms. The Labute approximate surface area is 122 Å². The Morgan fingerprint density at radius 3 is 2.86 bits per heavy atom. The highest BCUT2D eigenvalue weighted by molar-refractivity contribution is 5.74. The van der Waals surface area contributed by atoms with E-state index in [2.05, 4.69) is 0 Å². The van der Waals surface area contributed by atoms with Gasteiger partial charge in [0.1, 0.15) is 11.6 Å². The van der Waals surface area contributed by atoms with Crippen LogP contribution in [0.3, 0.4) is 0 Å². The van der Waals surface area contributed by atoms with Gasteiger partial charge in [-0.15, -0.1) is 0 Å². The third-order valence-electron chi connectivity index (χ3n) is 3.65. The molecule has 0 bridgehead atoms. The minimum absolute atomic E-state index is 0.228. The zero-order chi connectivity index (χ0) is 14.8. The fourth-order valence-corrected chi connectivity index (χ4v) is 2.64. The predicted molar refractivity (Wildman–Crippen MR) is 78.3 cm³/mol. The van der Waals surface area contributed by atoms with Crippen LogP contribution in [0.25, 0.3) is 11.1 Å². The van der Waals surface area contributed by atoms with Crippen LogP contribution >= 0.6 is 0 Å². The number of halogens is 1. The predicted octanol–water partition coefficient (Wildman–Crippen LogP) is 2.82. The number of nitrogens with zero attached hydrogens (tertiary/aromatic N) is 1. The largest absolute Gasteiger partial charge is 0.493 e. The van der Waals surface area contributed by atoms with Gasteiger partial charge in [-0.25, -0.2) is 4.39 Å². The van der Waals surface area contributed by atoms with Crippen molar-refractivity contribution in [1.29, 1.82) is 5.26 Å². The smallest absolute Gasteiger partial charge is 0.127 e. The van der Waals surface area contributed by atoms with Crippen molar-refractivity contribution >= 4 is 0 Å². The summed E-state index contributed by atoms with van der Waals surface area (Å²) in [6.07, 6.45) is 1.16. The molecule has 0 aliphatic carbocycles. The summed E-state index contributed by atoms with van der Waals surface area (Å²) < 4.78 is 19.1. The molecule has 1 heterocycles. The van der Waals surface area contributed by atoms with Crippen LogP contribution < -0.4 is 10.5 Å². The first kappa shape index (κ1) is 13.6. The van der Waals surface area contributed by atoms with Gasteiger partial charge in [0.2, 0.25) is 0 Å². The van der Waals surface area contributed by atoms with E-state index in [9.17, 15) is 4.39 Å². The molecule has 4 heteroatoms. The van der Waals surface area contributed by atoms with Crippen LogP contribution in [0.1, 0.15) is 11.1 Å². The van der Waals surface area contributed by atoms with Gasteiger partial charge in [-0.1, -0.05) is 18.2 Å². The van der Waals surface area contributed by atoms with Crippen molar-refractivity contribution in [3.8, 4) is 22.9 Å². The molecule has 1 aliphatic heterocycles. The summed E-state index contributed by atoms with van der Waals surface area (Å²) in [5.41, 5.74) is 9.54. The topological polar surface area (TPSA) is 59.0 Å². The molecule has 3 nitrogen and oxygen atoms in total. The van der Waals surface area contributed by atoms with E-state index in [1.165, 1.54) is 6.07 Å². The number of hydrogen-bond donors (Lipinski definition) is 1. The Hall–Kier alpha value is -2.38. The quantitative estimate of drug-likeness (QED) is 0.921. The average molecular weight is 282 g/mol. The lowest BCUT2D eigenvalue weighted by atomic mass is 9.96. The molecule has 1 unspecified atom stereocenters. The summed E-state index contributed by atoms with van der Waals surface area (Å²) in [5.74, 6) is 0.539. The van der Waals surface area contributed by atoms with Gasteiger partial charge in [0.15, 0.2) is 0 Å². The molecular formula is C17H15FN2O. The van der Waals surface area contributed by atoms with E-state index in [0.717, 1.165) is 28.0 Å². The molecule has 0 fully saturated rings. The number of fused-ring (bicyclic) bond motifs is 3. The molecule has 0 saturated carbocycles. The molecule has 3 rings (SSSR count). The SMILES string of the molecule is N#CC(N)Cc1ccc2c(c1)OCCc1cc(F)ccc1-2. The third-order valence-corrected chi connectivity index (χ3v) is 3.65. The Bertz CT molecular complexity index is 721. The second-order valence-corrected chi connectivity index (χ2v) is 5.17. The van der Waals surface area contributed by atoms with E-state index < -0.39 is 6.04 Å². The number of nitriles is 1. The fraction of sp³-hybridized carbons (Fsp3) is 0.235. The molecule has 1 atom stereocenters. The number of nitrogens with two attached hydrogens (primary N) is 1. The van der Waals surface area contributed by atoms with Crippen LogP contribution in [0, 0.1) is 17.1 Å². The first-order valence-corrected chi connectivity index (χ1v) is 6.87. The van der Waals surface area contributed by atoms with Crippen molar-refractivity contribution in [2.24, 2.45) is 5.73 Å². The summed E-state index contributed by atoms with van der Waals surface area (Å²) in [6.45, 7) is 0.511. The number of benzene rings is 2.